The SMILES string of the molecule is COc1cccc(C2CCN(Cc3nc4ccc(C(=O)O)cc4n3C[C@@H]3CCO3)CC2)c1OCc1ccccc1F. The van der Waals surface area contributed by atoms with Gasteiger partial charge in [0.15, 0.2) is 11.5 Å². The molecular weight excluding hydrogens is 525 g/mol. The summed E-state index contributed by atoms with van der Waals surface area (Å²) in [5, 5.41) is 9.52. The molecule has 214 valence electrons. The van der Waals surface area contributed by atoms with Gasteiger partial charge in [0.05, 0.1) is 42.9 Å². The van der Waals surface area contributed by atoms with Crippen molar-refractivity contribution in [2.24, 2.45) is 0 Å². The third kappa shape index (κ3) is 5.78. The highest BCUT2D eigenvalue weighted by molar-refractivity contribution is 5.92. The Morgan fingerprint density at radius 3 is 2.61 bits per heavy atom. The number of rotatable bonds is 10. The zero-order valence-corrected chi connectivity index (χ0v) is 23.1. The van der Waals surface area contributed by atoms with E-state index in [9.17, 15) is 14.3 Å². The molecule has 6 rings (SSSR count). The molecule has 8 nitrogen and oxygen atoms in total. The molecule has 1 N–H and O–H groups in total. The molecule has 2 fully saturated rings. The number of benzene rings is 3. The van der Waals surface area contributed by atoms with Crippen LogP contribution in [-0.4, -0.2) is 58.4 Å². The van der Waals surface area contributed by atoms with E-state index in [0.29, 0.717) is 30.2 Å². The fourth-order valence-corrected chi connectivity index (χ4v) is 5.80. The van der Waals surface area contributed by atoms with Crippen molar-refractivity contribution in [1.82, 2.24) is 14.5 Å². The molecule has 41 heavy (non-hydrogen) atoms. The number of piperidine rings is 1. The lowest BCUT2D eigenvalue weighted by atomic mass is 9.88. The highest BCUT2D eigenvalue weighted by Crippen LogP contribution is 2.40. The van der Waals surface area contributed by atoms with Gasteiger partial charge in [-0.15, -0.1) is 0 Å². The number of hydrogen-bond acceptors (Lipinski definition) is 6. The molecule has 9 heteroatoms. The van der Waals surface area contributed by atoms with E-state index >= 15 is 0 Å². The zero-order valence-electron chi connectivity index (χ0n) is 23.1. The number of carbonyl (C=O) groups is 1. The van der Waals surface area contributed by atoms with Crippen LogP contribution in [0.5, 0.6) is 11.5 Å². The van der Waals surface area contributed by atoms with E-state index in [1.54, 1.807) is 43.5 Å². The van der Waals surface area contributed by atoms with Crippen LogP contribution in [0, 0.1) is 5.82 Å². The highest BCUT2D eigenvalue weighted by atomic mass is 19.1. The molecule has 2 aliphatic heterocycles. The van der Waals surface area contributed by atoms with E-state index in [1.165, 1.54) is 6.07 Å². The first kappa shape index (κ1) is 27.2. The Morgan fingerprint density at radius 2 is 1.90 bits per heavy atom. The number of hydrogen-bond donors (Lipinski definition) is 1. The van der Waals surface area contributed by atoms with Gasteiger partial charge >= 0.3 is 5.97 Å². The van der Waals surface area contributed by atoms with Crippen LogP contribution in [0.25, 0.3) is 11.0 Å². The van der Waals surface area contributed by atoms with Gasteiger partial charge in [0.1, 0.15) is 18.2 Å². The van der Waals surface area contributed by atoms with E-state index in [2.05, 4.69) is 15.5 Å². The van der Waals surface area contributed by atoms with E-state index in [4.69, 9.17) is 19.2 Å². The predicted octanol–water partition coefficient (Wildman–Crippen LogP) is 5.63. The lowest BCUT2D eigenvalue weighted by Gasteiger charge is -2.33. The van der Waals surface area contributed by atoms with Crippen molar-refractivity contribution in [3.05, 3.63) is 89.0 Å². The molecule has 0 bridgehead atoms. The minimum atomic E-state index is -0.946. The molecule has 0 unspecified atom stereocenters. The number of methoxy groups -OCH3 is 1. The number of carboxylic acid groups (broad SMARTS) is 1. The average Bonchev–Trinajstić information content (AvgIpc) is 3.30. The Kier molecular flexibility index (Phi) is 7.89. The van der Waals surface area contributed by atoms with Gasteiger partial charge in [-0.3, -0.25) is 4.90 Å². The Morgan fingerprint density at radius 1 is 1.10 bits per heavy atom. The molecule has 0 amide bonds. The molecular formula is C32H34FN3O5. The smallest absolute Gasteiger partial charge is 0.335 e. The topological polar surface area (TPSA) is 86.1 Å². The normalized spacial score (nSPS) is 17.9. The van der Waals surface area contributed by atoms with Crippen LogP contribution >= 0.6 is 0 Å². The van der Waals surface area contributed by atoms with Crippen LogP contribution in [0.2, 0.25) is 0 Å². The van der Waals surface area contributed by atoms with Crippen LogP contribution in [0.1, 0.15) is 52.5 Å². The molecule has 2 aliphatic rings. The minimum Gasteiger partial charge on any atom is -0.493 e. The Labute approximate surface area is 238 Å². The summed E-state index contributed by atoms with van der Waals surface area (Å²) in [5.74, 6) is 1.29. The van der Waals surface area contributed by atoms with Crippen molar-refractivity contribution in [2.75, 3.05) is 26.8 Å². The maximum atomic E-state index is 14.2. The number of aromatic carboxylic acids is 1. The molecule has 0 radical (unpaired) electrons. The second kappa shape index (κ2) is 11.9. The highest BCUT2D eigenvalue weighted by Gasteiger charge is 2.27. The number of aromatic nitrogens is 2. The maximum Gasteiger partial charge on any atom is 0.335 e. The number of fused-ring (bicyclic) bond motifs is 1. The van der Waals surface area contributed by atoms with Crippen molar-refractivity contribution >= 4 is 17.0 Å². The Hall–Kier alpha value is -3.95. The summed E-state index contributed by atoms with van der Waals surface area (Å²) in [6.07, 6.45) is 2.98. The quantitative estimate of drug-likeness (QED) is 0.270. The summed E-state index contributed by atoms with van der Waals surface area (Å²) in [6.45, 7) is 3.97. The van der Waals surface area contributed by atoms with Crippen LogP contribution < -0.4 is 9.47 Å². The van der Waals surface area contributed by atoms with Gasteiger partial charge in [0.25, 0.3) is 0 Å². The molecule has 3 heterocycles. The monoisotopic (exact) mass is 559 g/mol. The summed E-state index contributed by atoms with van der Waals surface area (Å²) in [7, 11) is 1.62. The van der Waals surface area contributed by atoms with Gasteiger partial charge in [-0.1, -0.05) is 30.3 Å². The van der Waals surface area contributed by atoms with Gasteiger partial charge in [-0.2, -0.15) is 0 Å². The van der Waals surface area contributed by atoms with Crippen LogP contribution in [-0.2, 0) is 24.4 Å². The van der Waals surface area contributed by atoms with Crippen molar-refractivity contribution in [2.45, 2.75) is 51.0 Å². The van der Waals surface area contributed by atoms with Crippen LogP contribution in [0.3, 0.4) is 0 Å². The van der Waals surface area contributed by atoms with E-state index < -0.39 is 5.97 Å². The third-order valence-corrected chi connectivity index (χ3v) is 8.21. The number of imidazole rings is 1. The largest absolute Gasteiger partial charge is 0.493 e. The van der Waals surface area contributed by atoms with Crippen LogP contribution in [0.4, 0.5) is 4.39 Å². The van der Waals surface area contributed by atoms with Crippen molar-refractivity contribution in [3.8, 4) is 11.5 Å². The van der Waals surface area contributed by atoms with Gasteiger partial charge < -0.3 is 23.9 Å². The molecule has 0 spiro atoms. The number of nitrogens with zero attached hydrogens (tertiary/aromatic N) is 3. The van der Waals surface area contributed by atoms with Gasteiger partial charge in [-0.25, -0.2) is 14.2 Å². The standard InChI is InChI=1S/C32H34FN3O5/c1-39-29-8-4-6-25(31(29)41-20-23-5-2-3-7-26(23)33)21-11-14-35(15-12-21)19-30-34-27-10-9-22(32(37)38)17-28(27)36(30)18-24-13-16-40-24/h2-10,17,21,24H,11-16,18-20H2,1H3,(H,37,38)/t24-/m0/s1. The second-order valence-electron chi connectivity index (χ2n) is 10.7. The van der Waals surface area contributed by atoms with Crippen molar-refractivity contribution in [3.63, 3.8) is 0 Å². The Bertz CT molecular complexity index is 1540. The summed E-state index contributed by atoms with van der Waals surface area (Å²) < 4.78 is 33.9. The second-order valence-corrected chi connectivity index (χ2v) is 10.7. The molecule has 4 aromatic rings. The Balaban J connectivity index is 1.18. The summed E-state index contributed by atoms with van der Waals surface area (Å²) in [6, 6.07) is 17.7. The van der Waals surface area contributed by atoms with Gasteiger partial charge in [-0.05, 0) is 68.6 Å². The van der Waals surface area contributed by atoms with Gasteiger partial charge in [0.2, 0.25) is 0 Å². The number of para-hydroxylation sites is 1. The predicted molar refractivity (Wildman–Crippen MR) is 152 cm³/mol. The number of carboxylic acids is 1. The number of likely N-dealkylation sites (tertiary alicyclic amines) is 1. The molecule has 3 aromatic carbocycles. The fourth-order valence-electron chi connectivity index (χ4n) is 5.80. The van der Waals surface area contributed by atoms with E-state index in [1.807, 2.05) is 12.1 Å². The van der Waals surface area contributed by atoms with Crippen LogP contribution in [0.15, 0.2) is 60.7 Å². The fraction of sp³-hybridized carbons (Fsp3) is 0.375. The lowest BCUT2D eigenvalue weighted by molar-refractivity contribution is -0.0592. The molecule has 2 saturated heterocycles. The summed E-state index contributed by atoms with van der Waals surface area (Å²) in [4.78, 5) is 18.9. The van der Waals surface area contributed by atoms with Gasteiger partial charge in [0, 0.05) is 17.7 Å². The number of ether oxygens (including phenoxy) is 3. The summed E-state index contributed by atoms with van der Waals surface area (Å²) in [5.41, 5.74) is 3.47. The van der Waals surface area contributed by atoms with E-state index in [0.717, 1.165) is 61.4 Å². The first-order valence-electron chi connectivity index (χ1n) is 14.1. The number of halogens is 1. The van der Waals surface area contributed by atoms with Crippen molar-refractivity contribution < 1.29 is 28.5 Å². The molecule has 0 aliphatic carbocycles. The third-order valence-electron chi connectivity index (χ3n) is 8.21. The first-order valence-corrected chi connectivity index (χ1v) is 14.1. The summed E-state index contributed by atoms with van der Waals surface area (Å²) >= 11 is 0. The molecule has 1 atom stereocenters. The first-order chi connectivity index (χ1) is 20.0. The van der Waals surface area contributed by atoms with E-state index in [-0.39, 0.29) is 30.0 Å². The zero-order chi connectivity index (χ0) is 28.3. The molecule has 1 aromatic heterocycles. The maximum absolute atomic E-state index is 14.2. The minimum absolute atomic E-state index is 0.126. The van der Waals surface area contributed by atoms with Crippen molar-refractivity contribution in [1.29, 1.82) is 0 Å². The lowest BCUT2D eigenvalue weighted by Crippen LogP contribution is -2.35. The molecule has 0 saturated carbocycles. The average molecular weight is 560 g/mol.